The van der Waals surface area contributed by atoms with E-state index < -0.39 is 304 Å². The van der Waals surface area contributed by atoms with Crippen molar-refractivity contribution in [2.45, 2.75) is 119 Å². The SMILES string of the molecule is O=C(OC1C2CC3C(OC(=O)C31)C2C(=O)OCCS(=O)(=O)[O-])c1cc(I)cc(I)c1I.O=C(OC1C2CC3C1OC(=O)C3C2C(=O)OCCS(=O)(=O)[O-])c1cc(I)cc(I)c1I.O=C(OC1C2OC(=O)C3C2OC1C3C(=O)OCCS(=O)(=O)[O-])c1cc(I)cc(I)c1I.O=C(OC1CC2CC(C(=O)OCCS(=O)(=O)[O-])C1C2)c1cc(I)cc(I)c1I.O=C(OC1CCCC(C(=O)OCCS(=O)(=O)[O-])C1)c1cc(I)cc(I)c1I. The van der Waals surface area contributed by atoms with Gasteiger partial charge in [0, 0.05) is 83.1 Å². The number of carbonyl (C=O) groups excluding carboxylic acids is 13. The molecule has 5 aromatic carbocycles. The van der Waals surface area contributed by atoms with Crippen LogP contribution in [0.3, 0.4) is 0 Å². The average molecular weight is 3840 g/mol. The average Bonchev–Trinajstić information content (AvgIpc) is 1.55. The van der Waals surface area contributed by atoms with Gasteiger partial charge in [-0.3, -0.25) is 38.4 Å². The lowest BCUT2D eigenvalue weighted by atomic mass is 9.78. The number of benzene rings is 5. The van der Waals surface area contributed by atoms with Crippen LogP contribution in [0, 0.1) is 136 Å². The van der Waals surface area contributed by atoms with E-state index in [4.69, 9.17) is 66.3 Å². The first-order valence-corrected chi connectivity index (χ1v) is 67.7. The maximum absolute atomic E-state index is 12.9. The predicted molar refractivity (Wildman–Crippen MR) is 625 cm³/mol. The van der Waals surface area contributed by atoms with Gasteiger partial charge in [-0.2, -0.15) is 0 Å². The van der Waals surface area contributed by atoms with Crippen LogP contribution in [-0.2, 0) is 155 Å². The highest BCUT2D eigenvalue weighted by molar-refractivity contribution is 14.1. The van der Waals surface area contributed by atoms with Gasteiger partial charge < -0.3 is 89.1 Å². The molecule has 62 heteroatoms. The lowest BCUT2D eigenvalue weighted by Crippen LogP contribution is -2.48. The Morgan fingerprint density at radius 2 is 0.642 bits per heavy atom. The fourth-order valence-corrected chi connectivity index (χ4v) is 33.4. The van der Waals surface area contributed by atoms with E-state index in [9.17, 15) is 127 Å². The van der Waals surface area contributed by atoms with Crippen molar-refractivity contribution in [1.29, 1.82) is 0 Å². The summed E-state index contributed by atoms with van der Waals surface area (Å²) in [5, 5.41) is 0. The monoisotopic (exact) mass is 3840 g/mol. The summed E-state index contributed by atoms with van der Waals surface area (Å²) in [6, 6.07) is 18.3. The summed E-state index contributed by atoms with van der Waals surface area (Å²) in [6.07, 6.45) is -2.01. The molecule has 12 fully saturated rings. The van der Waals surface area contributed by atoms with Crippen molar-refractivity contribution < 1.29 is 193 Å². The van der Waals surface area contributed by atoms with Crippen LogP contribution in [0.1, 0.15) is 110 Å². The van der Waals surface area contributed by atoms with Gasteiger partial charge in [0.1, 0.15) is 106 Å². The zero-order chi connectivity index (χ0) is 109. The first-order valence-electron chi connectivity index (χ1n) is 43.6. The number of halogens is 15. The van der Waals surface area contributed by atoms with Gasteiger partial charge in [-0.25, -0.2) is 66.1 Å². The van der Waals surface area contributed by atoms with E-state index >= 15 is 0 Å². The van der Waals surface area contributed by atoms with E-state index in [0.29, 0.717) is 82.8 Å². The molecular weight excluding hydrogens is 3770 g/mol. The molecule has 7 aliphatic carbocycles. The molecule has 148 heavy (non-hydrogen) atoms. The number of esters is 13. The van der Waals surface area contributed by atoms with Crippen LogP contribution >= 0.6 is 339 Å². The van der Waals surface area contributed by atoms with Crippen LogP contribution in [0.2, 0.25) is 0 Å². The number of hydrogen-bond acceptors (Lipinski definition) is 42. The van der Waals surface area contributed by atoms with Crippen molar-refractivity contribution in [2.24, 2.45) is 82.9 Å². The third-order valence-corrected chi connectivity index (χ3v) is 47.7. The van der Waals surface area contributed by atoms with Crippen LogP contribution in [0.5, 0.6) is 0 Å². The fourth-order valence-electron chi connectivity index (χ4n) is 20.1. The van der Waals surface area contributed by atoms with Gasteiger partial charge in [-0.05, 0) is 463 Å². The number of ether oxygens (including phenoxy) is 14. The third-order valence-electron chi connectivity index (χ3n) is 26.0. The van der Waals surface area contributed by atoms with Crippen LogP contribution in [0.4, 0.5) is 0 Å². The highest BCUT2D eigenvalue weighted by Crippen LogP contribution is 2.61. The van der Waals surface area contributed by atoms with Gasteiger partial charge in [-0.1, -0.05) is 0 Å². The molecule has 42 nitrogen and oxygen atoms in total. The summed E-state index contributed by atoms with van der Waals surface area (Å²) in [6.45, 7) is -2.71. The van der Waals surface area contributed by atoms with Crippen molar-refractivity contribution in [3.05, 3.63) is 142 Å². The summed E-state index contributed by atoms with van der Waals surface area (Å²) >= 11 is 31.6. The van der Waals surface area contributed by atoms with Gasteiger partial charge in [0.15, 0.2) is 12.2 Å². The van der Waals surface area contributed by atoms with Crippen LogP contribution in [0.25, 0.3) is 0 Å². The second-order valence-electron chi connectivity index (χ2n) is 35.2. The molecule has 12 aliphatic rings. The zero-order valence-electron chi connectivity index (χ0n) is 74.4. The summed E-state index contributed by atoms with van der Waals surface area (Å²) < 4.78 is 248. The quantitative estimate of drug-likeness (QED) is 0.0135. The van der Waals surface area contributed by atoms with E-state index in [1.807, 2.05) is 52.9 Å². The fraction of sp³-hybridized carbons (Fsp3) is 0.500. The maximum atomic E-state index is 12.9. The zero-order valence-corrected chi connectivity index (χ0v) is 111. The number of carbonyl (C=O) groups is 13. The minimum absolute atomic E-state index is 0.134. The molecule has 0 N–H and O–H groups in total. The van der Waals surface area contributed by atoms with Crippen LogP contribution in [-0.4, -0.2) is 265 Å². The second kappa shape index (κ2) is 52.4. The molecule has 5 aliphatic heterocycles. The van der Waals surface area contributed by atoms with Crippen LogP contribution in [0.15, 0.2) is 60.7 Å². The Morgan fingerprint density at radius 1 is 0.304 bits per heavy atom. The lowest BCUT2D eigenvalue weighted by Gasteiger charge is -2.30. The molecule has 0 aromatic heterocycles. The Kier molecular flexibility index (Phi) is 44.1. The molecule has 808 valence electrons. The predicted octanol–water partition coefficient (Wildman–Crippen LogP) is 11.4. The Hall–Kier alpha value is -0.330. The Morgan fingerprint density at radius 3 is 1.06 bits per heavy atom. The van der Waals surface area contributed by atoms with Crippen LogP contribution < -0.4 is 0 Å². The third kappa shape index (κ3) is 31.2. The smallest absolute Gasteiger partial charge is 0.339 e. The summed E-state index contributed by atoms with van der Waals surface area (Å²) in [5.41, 5.74) is 2.11. The van der Waals surface area contributed by atoms with E-state index in [1.54, 1.807) is 30.3 Å². The van der Waals surface area contributed by atoms with Crippen molar-refractivity contribution >= 4 is 467 Å². The summed E-state index contributed by atoms with van der Waals surface area (Å²) in [7, 11) is -22.5. The topological polar surface area (TPSA) is 637 Å². The summed E-state index contributed by atoms with van der Waals surface area (Å²) in [4.78, 5) is 163. The Labute approximate surface area is 1050 Å². The molecule has 8 bridgehead atoms. The molecule has 5 aromatic rings. The van der Waals surface area contributed by atoms with Crippen molar-refractivity contribution in [2.75, 3.05) is 61.8 Å². The van der Waals surface area contributed by atoms with E-state index in [1.165, 1.54) is 0 Å². The first-order chi connectivity index (χ1) is 69.0. The first kappa shape index (κ1) is 125. The highest BCUT2D eigenvalue weighted by Gasteiger charge is 2.74. The minimum Gasteiger partial charge on any atom is -0.748 e. The van der Waals surface area contributed by atoms with E-state index in [2.05, 4.69) is 316 Å². The standard InChI is InChI=1S/2C18H15I3O9S.C17H13I3O10S.C17H17I3O7S.C16H17I3O7S/c19-6-3-9(13(21)10(20)4-6)16(22)29-15-7-5-8-12(15)18(24)30-14(8)11(7)17(23)28-1-2-31(25,26)27;19-6-3-9(13(21)10(20)4-6)16(22)29-14-7-5-8-12(18(24)30-15(8)14)11(7)17(23)28-1-2-31(25,26)27;18-5-3-6(10(20)7(19)4-5)15(21)29-13-11-8(16(22)27-1-2-31(24,25)26)9-12(28-11)14(13)30-17(9)23;18-9-6-12(15(20)13(19)7-9)17(22)27-14-5-8-3-10(14)11(4-8)16(21)26-1-2-28(23,24)25;17-10-7-12(14(19)13(18)8-10)16(21)26-11-3-1-2-9(6-11)15(20)25-4-5-27(22,23)24/h2*3-4,7-8,11-12,14-15H,1-2,5H2,(H,25,26,27);3-4,8-9,11-14H,1-2H2,(H,24,25,26);6-8,10-11,14H,1-5H2,(H,23,24,25);7-9,11H,1-6H2,(H,22,23,24)/p-5. The van der Waals surface area contributed by atoms with Gasteiger partial charge in [0.25, 0.3) is 0 Å². The van der Waals surface area contributed by atoms with Crippen molar-refractivity contribution in [3.63, 3.8) is 0 Å². The Bertz CT molecular complexity index is 6610. The normalized spacial score (nSPS) is 28.1. The van der Waals surface area contributed by atoms with Gasteiger partial charge in [0.05, 0.1) is 131 Å². The van der Waals surface area contributed by atoms with E-state index in [0.717, 1.165) is 56.4 Å². The van der Waals surface area contributed by atoms with Gasteiger partial charge in [-0.15, -0.1) is 0 Å². The largest absolute Gasteiger partial charge is 0.748 e. The molecule has 0 amide bonds. The number of hydrogen-bond donors (Lipinski definition) is 0. The Balaban J connectivity index is 0.000000155. The summed E-state index contributed by atoms with van der Waals surface area (Å²) in [5.74, 6) is -19.4. The molecule has 5 saturated heterocycles. The molecular formula is C86H72I15O42S5-5. The van der Waals surface area contributed by atoms with Crippen molar-refractivity contribution in [3.8, 4) is 0 Å². The molecule has 24 unspecified atom stereocenters. The lowest BCUT2D eigenvalue weighted by molar-refractivity contribution is -0.157. The van der Waals surface area contributed by atoms with Gasteiger partial charge >= 0.3 is 77.6 Å². The molecule has 0 spiro atoms. The van der Waals surface area contributed by atoms with E-state index in [-0.39, 0.29) is 29.8 Å². The molecule has 24 atom stereocenters. The number of rotatable bonds is 30. The molecule has 0 radical (unpaired) electrons. The molecule has 5 heterocycles. The molecule has 17 rings (SSSR count). The minimum atomic E-state index is -4.57. The maximum Gasteiger partial charge on any atom is 0.339 e. The highest BCUT2D eigenvalue weighted by atomic mass is 127. The van der Waals surface area contributed by atoms with Gasteiger partial charge in [0.2, 0.25) is 0 Å². The number of fused-ring (bicyclic) bond motifs is 5. The second-order valence-corrected chi connectivity index (χ2v) is 60.3. The van der Waals surface area contributed by atoms with Crippen molar-refractivity contribution in [1.82, 2.24) is 0 Å². The molecule has 7 saturated carbocycles.